The summed E-state index contributed by atoms with van der Waals surface area (Å²) in [6.07, 6.45) is 6.49. The van der Waals surface area contributed by atoms with Gasteiger partial charge in [-0.05, 0) is 30.8 Å². The molecule has 0 spiro atoms. The molecule has 0 N–H and O–H groups in total. The minimum Gasteiger partial charge on any atom is -0.355 e. The molecule has 3 aromatic rings. The van der Waals surface area contributed by atoms with Gasteiger partial charge in [0.15, 0.2) is 5.76 Å². The first kappa shape index (κ1) is 13.7. The minimum absolute atomic E-state index is 0.440. The molecular weight excluding hydrogens is 296 g/mol. The highest BCUT2D eigenvalue weighted by atomic mass is 32.1. The van der Waals surface area contributed by atoms with Gasteiger partial charge in [0.1, 0.15) is 0 Å². The molecule has 0 unspecified atom stereocenters. The van der Waals surface area contributed by atoms with Crippen LogP contribution in [0.5, 0.6) is 0 Å². The Labute approximate surface area is 133 Å². The second kappa shape index (κ2) is 5.70. The number of aryl methyl sites for hydroxylation is 1. The highest BCUT2D eigenvalue weighted by Gasteiger charge is 2.27. The molecule has 22 heavy (non-hydrogen) atoms. The van der Waals surface area contributed by atoms with Gasteiger partial charge in [0.05, 0.1) is 16.8 Å². The van der Waals surface area contributed by atoms with Gasteiger partial charge in [-0.2, -0.15) is 5.10 Å². The molecule has 6 heteroatoms. The fourth-order valence-electron chi connectivity index (χ4n) is 3.13. The zero-order chi connectivity index (χ0) is 14.9. The van der Waals surface area contributed by atoms with Crippen LogP contribution < -0.4 is 0 Å². The predicted molar refractivity (Wildman–Crippen MR) is 85.4 cm³/mol. The summed E-state index contributed by atoms with van der Waals surface area (Å²) >= 11 is 1.67. The molecule has 0 amide bonds. The fraction of sp³-hybridized carbons (Fsp3) is 0.375. The van der Waals surface area contributed by atoms with Crippen molar-refractivity contribution in [2.45, 2.75) is 25.4 Å². The lowest BCUT2D eigenvalue weighted by Crippen LogP contribution is -2.22. The van der Waals surface area contributed by atoms with E-state index in [2.05, 4.69) is 38.9 Å². The van der Waals surface area contributed by atoms with E-state index in [1.807, 2.05) is 24.0 Å². The van der Waals surface area contributed by atoms with Crippen LogP contribution in [0.4, 0.5) is 0 Å². The van der Waals surface area contributed by atoms with Gasteiger partial charge in [-0.3, -0.25) is 9.58 Å². The molecule has 1 atom stereocenters. The number of rotatable bonds is 4. The van der Waals surface area contributed by atoms with E-state index in [9.17, 15) is 0 Å². The van der Waals surface area contributed by atoms with E-state index >= 15 is 0 Å². The zero-order valence-electron chi connectivity index (χ0n) is 12.5. The largest absolute Gasteiger partial charge is 0.355 e. The SMILES string of the molecule is Cn1cc([C@H]2CCCN2Cc2cc(-c3cccs3)on2)cn1. The molecule has 0 aromatic carbocycles. The van der Waals surface area contributed by atoms with Crippen LogP contribution in [0.1, 0.15) is 30.1 Å². The molecule has 3 aromatic heterocycles. The van der Waals surface area contributed by atoms with Crippen molar-refractivity contribution in [2.24, 2.45) is 7.05 Å². The summed E-state index contributed by atoms with van der Waals surface area (Å²) in [6, 6.07) is 6.59. The lowest BCUT2D eigenvalue weighted by molar-refractivity contribution is 0.240. The van der Waals surface area contributed by atoms with E-state index in [-0.39, 0.29) is 0 Å². The summed E-state index contributed by atoms with van der Waals surface area (Å²) in [4.78, 5) is 3.59. The van der Waals surface area contributed by atoms with E-state index in [0.717, 1.165) is 29.4 Å². The summed E-state index contributed by atoms with van der Waals surface area (Å²) in [6.45, 7) is 1.93. The Morgan fingerprint density at radius 1 is 1.45 bits per heavy atom. The number of thiophene rings is 1. The van der Waals surface area contributed by atoms with E-state index in [1.165, 1.54) is 18.4 Å². The van der Waals surface area contributed by atoms with Crippen LogP contribution >= 0.6 is 11.3 Å². The molecule has 0 aliphatic carbocycles. The van der Waals surface area contributed by atoms with Crippen molar-refractivity contribution < 1.29 is 4.52 Å². The zero-order valence-corrected chi connectivity index (χ0v) is 13.3. The maximum atomic E-state index is 5.48. The van der Waals surface area contributed by atoms with Gasteiger partial charge in [-0.15, -0.1) is 11.3 Å². The van der Waals surface area contributed by atoms with Crippen LogP contribution in [0, 0.1) is 0 Å². The van der Waals surface area contributed by atoms with Crippen LogP contribution in [0.25, 0.3) is 10.6 Å². The number of nitrogens with zero attached hydrogens (tertiary/aromatic N) is 4. The van der Waals surface area contributed by atoms with E-state index < -0.39 is 0 Å². The molecule has 1 aliphatic heterocycles. The van der Waals surface area contributed by atoms with Crippen LogP contribution in [0.2, 0.25) is 0 Å². The Morgan fingerprint density at radius 3 is 3.18 bits per heavy atom. The van der Waals surface area contributed by atoms with Gasteiger partial charge in [-0.25, -0.2) is 0 Å². The van der Waals surface area contributed by atoms with Crippen LogP contribution in [-0.2, 0) is 13.6 Å². The first-order valence-electron chi connectivity index (χ1n) is 7.51. The number of aromatic nitrogens is 3. The Morgan fingerprint density at radius 2 is 2.41 bits per heavy atom. The second-order valence-electron chi connectivity index (χ2n) is 5.74. The van der Waals surface area contributed by atoms with Gasteiger partial charge in [-0.1, -0.05) is 11.2 Å². The van der Waals surface area contributed by atoms with E-state index in [4.69, 9.17) is 4.52 Å². The van der Waals surface area contributed by atoms with Crippen LogP contribution in [0.3, 0.4) is 0 Å². The molecular formula is C16H18N4OS. The standard InChI is InChI=1S/C16H18N4OS/c1-19-10-12(9-17-19)14-4-2-6-20(14)11-13-8-15(21-18-13)16-5-3-7-22-16/h3,5,7-10,14H,2,4,6,11H2,1H3/t14-/m1/s1. The molecule has 0 bridgehead atoms. The van der Waals surface area contributed by atoms with Crippen molar-refractivity contribution >= 4 is 11.3 Å². The monoisotopic (exact) mass is 314 g/mol. The highest BCUT2D eigenvalue weighted by Crippen LogP contribution is 2.33. The lowest BCUT2D eigenvalue weighted by atomic mass is 10.1. The van der Waals surface area contributed by atoms with Crippen LogP contribution in [0.15, 0.2) is 40.5 Å². The normalized spacial score (nSPS) is 19.0. The first-order valence-corrected chi connectivity index (χ1v) is 8.39. The highest BCUT2D eigenvalue weighted by molar-refractivity contribution is 7.13. The van der Waals surface area contributed by atoms with Gasteiger partial charge in [0.25, 0.3) is 0 Å². The molecule has 0 radical (unpaired) electrons. The molecule has 4 heterocycles. The number of hydrogen-bond donors (Lipinski definition) is 0. The summed E-state index contributed by atoms with van der Waals surface area (Å²) in [7, 11) is 1.97. The van der Waals surface area contributed by atoms with Crippen molar-refractivity contribution in [1.82, 2.24) is 19.8 Å². The molecule has 0 saturated carbocycles. The fourth-order valence-corrected chi connectivity index (χ4v) is 3.81. The van der Waals surface area contributed by atoms with Crippen molar-refractivity contribution in [3.63, 3.8) is 0 Å². The molecule has 4 rings (SSSR count). The molecule has 1 saturated heterocycles. The van der Waals surface area contributed by atoms with E-state index in [0.29, 0.717) is 6.04 Å². The third kappa shape index (κ3) is 2.60. The summed E-state index contributed by atoms with van der Waals surface area (Å²) in [5.74, 6) is 0.863. The third-order valence-electron chi connectivity index (χ3n) is 4.16. The summed E-state index contributed by atoms with van der Waals surface area (Å²) in [5.41, 5.74) is 2.29. The molecule has 1 aliphatic rings. The predicted octanol–water partition coefficient (Wildman–Crippen LogP) is 3.47. The lowest BCUT2D eigenvalue weighted by Gasteiger charge is -2.22. The maximum absolute atomic E-state index is 5.48. The van der Waals surface area contributed by atoms with Crippen LogP contribution in [-0.4, -0.2) is 26.4 Å². The quantitative estimate of drug-likeness (QED) is 0.740. The Bertz CT molecular complexity index is 746. The second-order valence-corrected chi connectivity index (χ2v) is 6.68. The van der Waals surface area contributed by atoms with Gasteiger partial charge >= 0.3 is 0 Å². The average Bonchev–Trinajstić information content (AvgIpc) is 3.26. The topological polar surface area (TPSA) is 47.1 Å². The van der Waals surface area contributed by atoms with Gasteiger partial charge < -0.3 is 4.52 Å². The molecule has 114 valence electrons. The van der Waals surface area contributed by atoms with E-state index in [1.54, 1.807) is 11.3 Å². The third-order valence-corrected chi connectivity index (χ3v) is 5.05. The smallest absolute Gasteiger partial charge is 0.177 e. The van der Waals surface area contributed by atoms with Gasteiger partial charge in [0.2, 0.25) is 0 Å². The minimum atomic E-state index is 0.440. The Kier molecular flexibility index (Phi) is 3.56. The molecule has 1 fully saturated rings. The van der Waals surface area contributed by atoms with Crippen molar-refractivity contribution in [3.05, 3.63) is 47.2 Å². The molecule has 5 nitrogen and oxygen atoms in total. The Balaban J connectivity index is 1.50. The summed E-state index contributed by atoms with van der Waals surface area (Å²) in [5, 5.41) is 10.6. The number of hydrogen-bond acceptors (Lipinski definition) is 5. The van der Waals surface area contributed by atoms with Crippen molar-refractivity contribution in [3.8, 4) is 10.6 Å². The number of likely N-dealkylation sites (tertiary alicyclic amines) is 1. The average molecular weight is 314 g/mol. The van der Waals surface area contributed by atoms with Crippen molar-refractivity contribution in [1.29, 1.82) is 0 Å². The Hall–Kier alpha value is -1.92. The van der Waals surface area contributed by atoms with Crippen molar-refractivity contribution in [2.75, 3.05) is 6.54 Å². The maximum Gasteiger partial charge on any atom is 0.177 e. The van der Waals surface area contributed by atoms with Gasteiger partial charge in [0, 0.05) is 37.5 Å². The first-order chi connectivity index (χ1) is 10.8. The summed E-state index contributed by atoms with van der Waals surface area (Å²) < 4.78 is 7.35.